The summed E-state index contributed by atoms with van der Waals surface area (Å²) in [6, 6.07) is 3.82. The van der Waals surface area contributed by atoms with Crippen LogP contribution in [0, 0.1) is 5.92 Å². The fourth-order valence-electron chi connectivity index (χ4n) is 3.35. The molecule has 0 bridgehead atoms. The van der Waals surface area contributed by atoms with Gasteiger partial charge in [0.15, 0.2) is 5.96 Å². The lowest BCUT2D eigenvalue weighted by Crippen LogP contribution is -2.58. The predicted octanol–water partition coefficient (Wildman–Crippen LogP) is -2.32. The number of aliphatic imine (C=N–C) groups is 1. The normalized spacial score (nSPS) is 13.9. The fraction of sp³-hybridized carbons (Fsp3) is 0.500. The zero-order chi connectivity index (χ0) is 28.8. The van der Waals surface area contributed by atoms with E-state index in [1.54, 1.807) is 44.2 Å². The standard InChI is InChI=1S/C24H38N8O6/c1-13(2)19(26)22(36)32-17(12-18(25)33)21(35)31-16(11-14-7-4-3-5-8-14)20(34)30-15(23(37)38)9-6-10-29-24(27)28/h3-5,7-8,13,15-17,19H,6,9-12,26H2,1-2H3,(H2,25,33)(H,30,34)(H,31,35)(H,32,36)(H,37,38)(H4,27,28,29)/t15-,16-,17-,19-/m0/s1. The number of nitrogens with one attached hydrogen (secondary N) is 3. The first-order valence-corrected chi connectivity index (χ1v) is 12.1. The average molecular weight is 535 g/mol. The molecule has 0 saturated heterocycles. The second-order valence-electron chi connectivity index (χ2n) is 9.10. The highest BCUT2D eigenvalue weighted by Gasteiger charge is 2.31. The number of hydrogen-bond acceptors (Lipinski definition) is 7. The van der Waals surface area contributed by atoms with Crippen LogP contribution >= 0.6 is 0 Å². The van der Waals surface area contributed by atoms with Gasteiger partial charge in [-0.1, -0.05) is 44.2 Å². The van der Waals surface area contributed by atoms with E-state index in [-0.39, 0.29) is 37.7 Å². The minimum Gasteiger partial charge on any atom is -0.480 e. The summed E-state index contributed by atoms with van der Waals surface area (Å²) in [4.78, 5) is 65.8. The topological polar surface area (TPSA) is 258 Å². The van der Waals surface area contributed by atoms with E-state index in [2.05, 4.69) is 20.9 Å². The number of primary amides is 1. The van der Waals surface area contributed by atoms with Crippen molar-refractivity contribution >= 4 is 35.6 Å². The molecule has 0 radical (unpaired) electrons. The van der Waals surface area contributed by atoms with Crippen molar-refractivity contribution < 1.29 is 29.1 Å². The van der Waals surface area contributed by atoms with Gasteiger partial charge in [-0.25, -0.2) is 4.79 Å². The Morgan fingerprint density at radius 3 is 1.95 bits per heavy atom. The highest BCUT2D eigenvalue weighted by Crippen LogP contribution is 2.07. The number of amides is 4. The van der Waals surface area contributed by atoms with Crippen LogP contribution in [-0.2, 0) is 30.4 Å². The molecule has 0 fully saturated rings. The van der Waals surface area contributed by atoms with E-state index >= 15 is 0 Å². The quantitative estimate of drug-likeness (QED) is 0.0642. The maximum absolute atomic E-state index is 13.1. The molecule has 0 heterocycles. The van der Waals surface area contributed by atoms with Gasteiger partial charge < -0.3 is 44.0 Å². The van der Waals surface area contributed by atoms with E-state index in [4.69, 9.17) is 22.9 Å². The Balaban J connectivity index is 3.11. The Labute approximate surface area is 221 Å². The third kappa shape index (κ3) is 11.7. The summed E-state index contributed by atoms with van der Waals surface area (Å²) >= 11 is 0. The van der Waals surface area contributed by atoms with Crippen LogP contribution in [0.1, 0.15) is 38.7 Å². The lowest BCUT2D eigenvalue weighted by Gasteiger charge is -2.25. The Kier molecular flexibility index (Phi) is 13.2. The molecule has 1 aromatic carbocycles. The van der Waals surface area contributed by atoms with Crippen molar-refractivity contribution in [3.63, 3.8) is 0 Å². The van der Waals surface area contributed by atoms with Crippen LogP contribution in [0.5, 0.6) is 0 Å². The van der Waals surface area contributed by atoms with Crippen LogP contribution in [0.2, 0.25) is 0 Å². The maximum atomic E-state index is 13.1. The molecule has 0 aliphatic rings. The number of carbonyl (C=O) groups is 5. The third-order valence-corrected chi connectivity index (χ3v) is 5.53. The maximum Gasteiger partial charge on any atom is 0.326 e. The van der Waals surface area contributed by atoms with Crippen molar-refractivity contribution in [2.75, 3.05) is 6.54 Å². The van der Waals surface area contributed by atoms with Gasteiger partial charge in [-0.15, -0.1) is 0 Å². The Morgan fingerprint density at radius 2 is 1.42 bits per heavy atom. The first-order valence-electron chi connectivity index (χ1n) is 12.1. The minimum atomic E-state index is -1.40. The van der Waals surface area contributed by atoms with Crippen LogP contribution in [-0.4, -0.2) is 71.4 Å². The predicted molar refractivity (Wildman–Crippen MR) is 140 cm³/mol. The van der Waals surface area contributed by atoms with Crippen molar-refractivity contribution in [2.45, 2.75) is 63.7 Å². The molecule has 1 aromatic rings. The summed E-state index contributed by atoms with van der Waals surface area (Å²) in [5.74, 6) is -4.84. The first-order chi connectivity index (χ1) is 17.8. The number of benzene rings is 1. The van der Waals surface area contributed by atoms with E-state index in [1.807, 2.05) is 0 Å². The number of nitrogens with zero attached hydrogens (tertiary/aromatic N) is 1. The molecule has 210 valence electrons. The van der Waals surface area contributed by atoms with Crippen LogP contribution in [0.4, 0.5) is 0 Å². The number of guanidine groups is 1. The number of carboxylic acid groups (broad SMARTS) is 1. The molecule has 4 amide bonds. The number of nitrogens with two attached hydrogens (primary N) is 4. The number of carbonyl (C=O) groups excluding carboxylic acids is 4. The van der Waals surface area contributed by atoms with Gasteiger partial charge in [-0.05, 0) is 24.3 Å². The molecule has 14 heteroatoms. The summed E-state index contributed by atoms with van der Waals surface area (Å²) in [6.45, 7) is 3.59. The molecule has 38 heavy (non-hydrogen) atoms. The van der Waals surface area contributed by atoms with Crippen molar-refractivity contribution in [1.29, 1.82) is 0 Å². The van der Waals surface area contributed by atoms with Crippen LogP contribution in [0.15, 0.2) is 35.3 Å². The zero-order valence-electron chi connectivity index (χ0n) is 21.6. The van der Waals surface area contributed by atoms with Crippen molar-refractivity contribution in [3.8, 4) is 0 Å². The van der Waals surface area contributed by atoms with E-state index in [0.29, 0.717) is 5.56 Å². The minimum absolute atomic E-state index is 0.00149. The molecule has 4 atom stereocenters. The smallest absolute Gasteiger partial charge is 0.326 e. The lowest BCUT2D eigenvalue weighted by molar-refractivity contribution is -0.142. The average Bonchev–Trinajstić information content (AvgIpc) is 2.84. The van der Waals surface area contributed by atoms with Gasteiger partial charge in [0.2, 0.25) is 23.6 Å². The molecule has 14 nitrogen and oxygen atoms in total. The first kappa shape index (κ1) is 31.8. The highest BCUT2D eigenvalue weighted by molar-refractivity contribution is 5.96. The Hall–Kier alpha value is -4.20. The van der Waals surface area contributed by atoms with Gasteiger partial charge >= 0.3 is 5.97 Å². The monoisotopic (exact) mass is 534 g/mol. The SMILES string of the molecule is CC(C)[C@H](N)C(=O)N[C@@H](CC(N)=O)C(=O)N[C@@H](Cc1ccccc1)C(=O)N[C@@H](CCCN=C(N)N)C(=O)O. The number of hydrogen-bond donors (Lipinski definition) is 8. The second-order valence-corrected chi connectivity index (χ2v) is 9.10. The summed E-state index contributed by atoms with van der Waals surface area (Å²) < 4.78 is 0. The summed E-state index contributed by atoms with van der Waals surface area (Å²) in [6.07, 6.45) is -0.239. The van der Waals surface area contributed by atoms with Gasteiger partial charge in [0.25, 0.3) is 0 Å². The molecular weight excluding hydrogens is 496 g/mol. The van der Waals surface area contributed by atoms with Crippen LogP contribution < -0.4 is 38.9 Å². The van der Waals surface area contributed by atoms with Crippen molar-refractivity contribution in [3.05, 3.63) is 35.9 Å². The van der Waals surface area contributed by atoms with Crippen molar-refractivity contribution in [1.82, 2.24) is 16.0 Å². The molecule has 0 aliphatic heterocycles. The Bertz CT molecular complexity index is 997. The summed E-state index contributed by atoms with van der Waals surface area (Å²) in [5, 5.41) is 16.9. The number of rotatable bonds is 16. The zero-order valence-corrected chi connectivity index (χ0v) is 21.6. The van der Waals surface area contributed by atoms with E-state index < -0.39 is 60.2 Å². The number of carboxylic acids is 1. The Morgan fingerprint density at radius 1 is 0.868 bits per heavy atom. The van der Waals surface area contributed by atoms with E-state index in [0.717, 1.165) is 0 Å². The van der Waals surface area contributed by atoms with Gasteiger partial charge in [-0.2, -0.15) is 0 Å². The molecule has 1 rings (SSSR count). The molecule has 0 aromatic heterocycles. The van der Waals surface area contributed by atoms with Crippen LogP contribution in [0.3, 0.4) is 0 Å². The van der Waals surface area contributed by atoms with Crippen LogP contribution in [0.25, 0.3) is 0 Å². The second kappa shape index (κ2) is 15.8. The molecule has 0 unspecified atom stereocenters. The van der Waals surface area contributed by atoms with Gasteiger partial charge in [0.1, 0.15) is 18.1 Å². The van der Waals surface area contributed by atoms with Gasteiger partial charge in [0, 0.05) is 13.0 Å². The molecule has 0 spiro atoms. The highest BCUT2D eigenvalue weighted by atomic mass is 16.4. The lowest BCUT2D eigenvalue weighted by atomic mass is 10.0. The summed E-state index contributed by atoms with van der Waals surface area (Å²) in [7, 11) is 0. The molecule has 0 saturated carbocycles. The summed E-state index contributed by atoms with van der Waals surface area (Å²) in [5.41, 5.74) is 22.3. The number of aliphatic carboxylic acids is 1. The fourth-order valence-corrected chi connectivity index (χ4v) is 3.35. The van der Waals surface area contributed by atoms with Crippen molar-refractivity contribution in [2.24, 2.45) is 33.8 Å². The van der Waals surface area contributed by atoms with E-state index in [1.165, 1.54) is 0 Å². The molecule has 0 aliphatic carbocycles. The molecule has 12 N–H and O–H groups in total. The largest absolute Gasteiger partial charge is 0.480 e. The molecular formula is C24H38N8O6. The van der Waals surface area contributed by atoms with Gasteiger partial charge in [0.05, 0.1) is 12.5 Å². The van der Waals surface area contributed by atoms with E-state index in [9.17, 15) is 29.1 Å². The third-order valence-electron chi connectivity index (χ3n) is 5.53. The van der Waals surface area contributed by atoms with Gasteiger partial charge in [-0.3, -0.25) is 24.2 Å².